The highest BCUT2D eigenvalue weighted by atomic mass is 16.2. The molecule has 0 bridgehead atoms. The molecule has 0 spiro atoms. The zero-order chi connectivity index (χ0) is 14.9. The first-order chi connectivity index (χ1) is 9.41. The van der Waals surface area contributed by atoms with E-state index >= 15 is 0 Å². The molecular formula is C15H27N3O2. The fraction of sp³-hybridized carbons (Fsp3) is 0.867. The summed E-state index contributed by atoms with van der Waals surface area (Å²) in [5, 5.41) is 0. The molecule has 2 amide bonds. The van der Waals surface area contributed by atoms with E-state index in [1.54, 1.807) is 4.90 Å². The van der Waals surface area contributed by atoms with Gasteiger partial charge in [-0.05, 0) is 39.8 Å². The van der Waals surface area contributed by atoms with Crippen LogP contribution in [0.15, 0.2) is 0 Å². The monoisotopic (exact) mass is 281 g/mol. The van der Waals surface area contributed by atoms with Gasteiger partial charge >= 0.3 is 0 Å². The summed E-state index contributed by atoms with van der Waals surface area (Å²) in [6, 6.07) is 0.110. The lowest BCUT2D eigenvalue weighted by atomic mass is 10.1. The molecule has 3 unspecified atom stereocenters. The Morgan fingerprint density at radius 2 is 2.00 bits per heavy atom. The summed E-state index contributed by atoms with van der Waals surface area (Å²) in [6.45, 7) is 6.37. The highest BCUT2D eigenvalue weighted by Gasteiger charge is 2.37. The van der Waals surface area contributed by atoms with E-state index in [0.717, 1.165) is 32.5 Å². The predicted molar refractivity (Wildman–Crippen MR) is 78.2 cm³/mol. The van der Waals surface area contributed by atoms with Gasteiger partial charge in [0.25, 0.3) is 0 Å². The first kappa shape index (κ1) is 15.3. The fourth-order valence-electron chi connectivity index (χ4n) is 3.44. The molecule has 2 heterocycles. The van der Waals surface area contributed by atoms with E-state index < -0.39 is 0 Å². The molecule has 0 aromatic carbocycles. The Kier molecular flexibility index (Phi) is 4.68. The maximum Gasteiger partial charge on any atom is 0.245 e. The van der Waals surface area contributed by atoms with Crippen molar-refractivity contribution in [2.45, 2.75) is 45.2 Å². The van der Waals surface area contributed by atoms with Crippen molar-refractivity contribution in [2.24, 2.45) is 5.92 Å². The molecule has 20 heavy (non-hydrogen) atoms. The Labute approximate surface area is 121 Å². The van der Waals surface area contributed by atoms with Crippen LogP contribution in [0.4, 0.5) is 0 Å². The van der Waals surface area contributed by atoms with Crippen LogP contribution in [-0.4, -0.2) is 72.3 Å². The van der Waals surface area contributed by atoms with Crippen LogP contribution in [-0.2, 0) is 9.59 Å². The minimum atomic E-state index is -0.309. The second-order valence-electron chi connectivity index (χ2n) is 6.47. The summed E-state index contributed by atoms with van der Waals surface area (Å²) in [6.07, 6.45) is 2.56. The van der Waals surface area contributed by atoms with Crippen molar-refractivity contribution < 1.29 is 9.59 Å². The van der Waals surface area contributed by atoms with E-state index in [9.17, 15) is 9.59 Å². The summed E-state index contributed by atoms with van der Waals surface area (Å²) >= 11 is 0. The van der Waals surface area contributed by atoms with E-state index in [-0.39, 0.29) is 17.9 Å². The quantitative estimate of drug-likeness (QED) is 0.768. The fourth-order valence-corrected chi connectivity index (χ4v) is 3.44. The molecule has 0 aliphatic carbocycles. The third-order valence-electron chi connectivity index (χ3n) is 4.73. The molecule has 0 aromatic rings. The van der Waals surface area contributed by atoms with Gasteiger partial charge in [-0.2, -0.15) is 0 Å². The molecule has 2 fully saturated rings. The Balaban J connectivity index is 1.99. The molecular weight excluding hydrogens is 254 g/mol. The van der Waals surface area contributed by atoms with Crippen LogP contribution in [0.1, 0.15) is 33.1 Å². The van der Waals surface area contributed by atoms with Crippen molar-refractivity contribution >= 4 is 11.8 Å². The van der Waals surface area contributed by atoms with Gasteiger partial charge in [0.05, 0.1) is 0 Å². The lowest BCUT2D eigenvalue weighted by molar-refractivity contribution is -0.146. The molecule has 2 saturated heterocycles. The zero-order valence-corrected chi connectivity index (χ0v) is 13.1. The van der Waals surface area contributed by atoms with Crippen LogP contribution in [0.2, 0.25) is 0 Å². The second-order valence-corrected chi connectivity index (χ2v) is 6.47. The molecule has 0 radical (unpaired) electrons. The van der Waals surface area contributed by atoms with Crippen molar-refractivity contribution in [3.05, 3.63) is 0 Å². The maximum atomic E-state index is 12.6. The van der Waals surface area contributed by atoms with E-state index in [0.29, 0.717) is 18.4 Å². The summed E-state index contributed by atoms with van der Waals surface area (Å²) in [5.74, 6) is 0.725. The molecule has 0 N–H and O–H groups in total. The van der Waals surface area contributed by atoms with Crippen LogP contribution in [0.25, 0.3) is 0 Å². The Morgan fingerprint density at radius 1 is 1.30 bits per heavy atom. The van der Waals surface area contributed by atoms with Crippen molar-refractivity contribution in [3.8, 4) is 0 Å². The van der Waals surface area contributed by atoms with Crippen molar-refractivity contribution in [2.75, 3.05) is 33.7 Å². The zero-order valence-electron chi connectivity index (χ0n) is 13.1. The highest BCUT2D eigenvalue weighted by molar-refractivity contribution is 5.88. The summed E-state index contributed by atoms with van der Waals surface area (Å²) in [4.78, 5) is 30.4. The van der Waals surface area contributed by atoms with Crippen LogP contribution in [0.3, 0.4) is 0 Å². The molecule has 5 heteroatoms. The number of rotatable bonds is 3. The molecule has 3 atom stereocenters. The van der Waals surface area contributed by atoms with Gasteiger partial charge in [0.15, 0.2) is 0 Å². The Hall–Kier alpha value is -1.10. The average Bonchev–Trinajstić information content (AvgIpc) is 2.80. The van der Waals surface area contributed by atoms with Crippen LogP contribution < -0.4 is 0 Å². The summed E-state index contributed by atoms with van der Waals surface area (Å²) in [5.41, 5.74) is 0. The first-order valence-electron chi connectivity index (χ1n) is 7.66. The predicted octanol–water partition coefficient (Wildman–Crippen LogP) is 0.796. The largest absolute Gasteiger partial charge is 0.339 e. The first-order valence-corrected chi connectivity index (χ1v) is 7.66. The number of piperidine rings is 1. The minimum absolute atomic E-state index is 0.108. The standard InChI is InChI=1S/C15H27N3O2/c1-11-9-17(10-13(11)16(3)4)15(20)12(2)18-8-6-5-7-14(18)19/h11-13H,5-10H2,1-4H3. The molecule has 2 aliphatic heterocycles. The highest BCUT2D eigenvalue weighted by Crippen LogP contribution is 2.22. The van der Waals surface area contributed by atoms with E-state index in [1.807, 2.05) is 11.8 Å². The van der Waals surface area contributed by atoms with Gasteiger partial charge in [-0.3, -0.25) is 9.59 Å². The van der Waals surface area contributed by atoms with E-state index in [2.05, 4.69) is 25.9 Å². The molecule has 2 rings (SSSR count). The molecule has 0 saturated carbocycles. The summed E-state index contributed by atoms with van der Waals surface area (Å²) in [7, 11) is 4.12. The van der Waals surface area contributed by atoms with Gasteiger partial charge in [0.2, 0.25) is 11.8 Å². The van der Waals surface area contributed by atoms with E-state index in [4.69, 9.17) is 0 Å². The molecule has 5 nitrogen and oxygen atoms in total. The van der Waals surface area contributed by atoms with Gasteiger partial charge in [0, 0.05) is 32.1 Å². The van der Waals surface area contributed by atoms with Crippen molar-refractivity contribution in [1.82, 2.24) is 14.7 Å². The van der Waals surface area contributed by atoms with Crippen LogP contribution in [0, 0.1) is 5.92 Å². The van der Waals surface area contributed by atoms with E-state index in [1.165, 1.54) is 0 Å². The van der Waals surface area contributed by atoms with Gasteiger partial charge < -0.3 is 14.7 Å². The minimum Gasteiger partial charge on any atom is -0.339 e. The summed E-state index contributed by atoms with van der Waals surface area (Å²) < 4.78 is 0. The number of carbonyl (C=O) groups is 2. The number of likely N-dealkylation sites (N-methyl/N-ethyl adjacent to an activating group) is 1. The molecule has 114 valence electrons. The number of nitrogens with zero attached hydrogens (tertiary/aromatic N) is 3. The number of amides is 2. The molecule has 0 aromatic heterocycles. The smallest absolute Gasteiger partial charge is 0.245 e. The third-order valence-corrected chi connectivity index (χ3v) is 4.73. The SMILES string of the molecule is CC1CN(C(=O)C(C)N2CCCCC2=O)CC1N(C)C. The molecule has 2 aliphatic rings. The van der Waals surface area contributed by atoms with Gasteiger partial charge in [-0.15, -0.1) is 0 Å². The number of hydrogen-bond donors (Lipinski definition) is 0. The number of hydrogen-bond acceptors (Lipinski definition) is 3. The van der Waals surface area contributed by atoms with Crippen LogP contribution >= 0.6 is 0 Å². The van der Waals surface area contributed by atoms with Gasteiger partial charge in [-0.25, -0.2) is 0 Å². The third kappa shape index (κ3) is 2.97. The van der Waals surface area contributed by atoms with Crippen molar-refractivity contribution in [1.29, 1.82) is 0 Å². The number of likely N-dealkylation sites (tertiary alicyclic amines) is 2. The maximum absolute atomic E-state index is 12.6. The second kappa shape index (κ2) is 6.12. The Morgan fingerprint density at radius 3 is 2.55 bits per heavy atom. The van der Waals surface area contributed by atoms with Gasteiger partial charge in [-0.1, -0.05) is 6.92 Å². The van der Waals surface area contributed by atoms with Crippen molar-refractivity contribution in [3.63, 3.8) is 0 Å². The van der Waals surface area contributed by atoms with Crippen LogP contribution in [0.5, 0.6) is 0 Å². The number of carbonyl (C=O) groups excluding carboxylic acids is 2. The van der Waals surface area contributed by atoms with Gasteiger partial charge in [0.1, 0.15) is 6.04 Å². The Bertz CT molecular complexity index is 383. The normalized spacial score (nSPS) is 29.1. The average molecular weight is 281 g/mol. The topological polar surface area (TPSA) is 43.9 Å². The lowest BCUT2D eigenvalue weighted by Crippen LogP contribution is -2.50. The lowest BCUT2D eigenvalue weighted by Gasteiger charge is -2.34.